The van der Waals surface area contributed by atoms with Gasteiger partial charge in [-0.3, -0.25) is 9.88 Å². The van der Waals surface area contributed by atoms with Crippen molar-refractivity contribution in [3.8, 4) is 6.07 Å². The summed E-state index contributed by atoms with van der Waals surface area (Å²) in [4.78, 5) is 13.7. The average Bonchev–Trinajstić information content (AvgIpc) is 2.69. The molecule has 1 aromatic heterocycles. The molecule has 5 heteroatoms. The second-order valence-corrected chi connectivity index (χ2v) is 6.94. The molecule has 2 heterocycles. The lowest BCUT2D eigenvalue weighted by atomic mass is 9.86. The first kappa shape index (κ1) is 16.0. The topological polar surface area (TPSA) is 56.1 Å². The molecule has 1 aliphatic carbocycles. The van der Waals surface area contributed by atoms with Crippen LogP contribution in [0.4, 0.5) is 5.82 Å². The molecule has 0 spiro atoms. The van der Waals surface area contributed by atoms with E-state index in [0.717, 1.165) is 25.5 Å². The van der Waals surface area contributed by atoms with Crippen molar-refractivity contribution in [2.75, 3.05) is 18.0 Å². The van der Waals surface area contributed by atoms with Crippen molar-refractivity contribution < 1.29 is 0 Å². The largest absolute Gasteiger partial charge is 0.349 e. The zero-order chi connectivity index (χ0) is 17.1. The first-order valence-corrected chi connectivity index (χ1v) is 9.12. The van der Waals surface area contributed by atoms with E-state index in [4.69, 9.17) is 5.26 Å². The SMILES string of the molecule is N#Cc1cncc(N2CCN(Cc3ccccc3)C3CCCCC32)n1. The number of fused-ring (bicyclic) bond motifs is 1. The summed E-state index contributed by atoms with van der Waals surface area (Å²) in [7, 11) is 0. The molecule has 1 aliphatic heterocycles. The maximum absolute atomic E-state index is 9.12. The van der Waals surface area contributed by atoms with Crippen LogP contribution in [0.3, 0.4) is 0 Å². The highest BCUT2D eigenvalue weighted by Crippen LogP contribution is 2.33. The van der Waals surface area contributed by atoms with Gasteiger partial charge < -0.3 is 4.90 Å². The number of anilines is 1. The molecule has 2 unspecified atom stereocenters. The Kier molecular flexibility index (Phi) is 4.62. The summed E-state index contributed by atoms with van der Waals surface area (Å²) in [6.07, 6.45) is 8.33. The van der Waals surface area contributed by atoms with E-state index in [1.54, 1.807) is 6.20 Å². The van der Waals surface area contributed by atoms with Crippen LogP contribution in [0.15, 0.2) is 42.7 Å². The molecule has 0 radical (unpaired) electrons. The van der Waals surface area contributed by atoms with E-state index in [2.05, 4.69) is 56.2 Å². The Morgan fingerprint density at radius 3 is 2.64 bits per heavy atom. The van der Waals surface area contributed by atoms with E-state index >= 15 is 0 Å². The standard InChI is InChI=1S/C20H23N5/c21-12-17-13-22-14-20(23-17)25-11-10-24(15-16-6-2-1-3-7-16)18-8-4-5-9-19(18)25/h1-3,6-7,13-14,18-19H,4-5,8-11,15H2. The molecule has 1 saturated carbocycles. The number of rotatable bonds is 3. The molecule has 128 valence electrons. The lowest BCUT2D eigenvalue weighted by Gasteiger charge is -2.50. The van der Waals surface area contributed by atoms with Gasteiger partial charge in [0.05, 0.1) is 12.4 Å². The van der Waals surface area contributed by atoms with Crippen molar-refractivity contribution in [2.45, 2.75) is 44.3 Å². The molecule has 1 aromatic carbocycles. The number of benzene rings is 1. The normalized spacial score (nSPS) is 23.7. The minimum Gasteiger partial charge on any atom is -0.349 e. The Balaban J connectivity index is 1.56. The van der Waals surface area contributed by atoms with E-state index in [0.29, 0.717) is 17.8 Å². The van der Waals surface area contributed by atoms with Gasteiger partial charge in [0.1, 0.15) is 11.9 Å². The maximum Gasteiger partial charge on any atom is 0.161 e. The quantitative estimate of drug-likeness (QED) is 0.864. The Morgan fingerprint density at radius 1 is 1.04 bits per heavy atom. The van der Waals surface area contributed by atoms with E-state index in [1.165, 1.54) is 37.4 Å². The first-order valence-electron chi connectivity index (χ1n) is 9.12. The Bertz CT molecular complexity index is 754. The van der Waals surface area contributed by atoms with Crippen molar-refractivity contribution in [1.29, 1.82) is 5.26 Å². The summed E-state index contributed by atoms with van der Waals surface area (Å²) in [6.45, 7) is 2.98. The van der Waals surface area contributed by atoms with Gasteiger partial charge in [0.2, 0.25) is 0 Å². The van der Waals surface area contributed by atoms with E-state index in [1.807, 2.05) is 0 Å². The van der Waals surface area contributed by atoms with Gasteiger partial charge in [0.25, 0.3) is 0 Å². The summed E-state index contributed by atoms with van der Waals surface area (Å²) in [6, 6.07) is 13.9. The summed E-state index contributed by atoms with van der Waals surface area (Å²) in [5.74, 6) is 0.857. The third-order valence-electron chi connectivity index (χ3n) is 5.45. The predicted molar refractivity (Wildman–Crippen MR) is 97.0 cm³/mol. The van der Waals surface area contributed by atoms with Crippen LogP contribution >= 0.6 is 0 Å². The predicted octanol–water partition coefficient (Wildman–Crippen LogP) is 2.98. The van der Waals surface area contributed by atoms with Gasteiger partial charge in [-0.15, -0.1) is 0 Å². The number of nitriles is 1. The van der Waals surface area contributed by atoms with Gasteiger partial charge in [-0.2, -0.15) is 5.26 Å². The number of hydrogen-bond acceptors (Lipinski definition) is 5. The Morgan fingerprint density at radius 2 is 1.84 bits per heavy atom. The van der Waals surface area contributed by atoms with Crippen molar-refractivity contribution in [3.05, 3.63) is 54.0 Å². The van der Waals surface area contributed by atoms with Gasteiger partial charge in [0, 0.05) is 31.7 Å². The van der Waals surface area contributed by atoms with Crippen LogP contribution in [-0.2, 0) is 6.54 Å². The van der Waals surface area contributed by atoms with Crippen LogP contribution in [0.1, 0.15) is 36.9 Å². The number of hydrogen-bond donors (Lipinski definition) is 0. The highest BCUT2D eigenvalue weighted by atomic mass is 15.3. The first-order chi connectivity index (χ1) is 12.3. The molecule has 2 fully saturated rings. The monoisotopic (exact) mass is 333 g/mol. The average molecular weight is 333 g/mol. The third-order valence-corrected chi connectivity index (χ3v) is 5.45. The van der Waals surface area contributed by atoms with Crippen LogP contribution < -0.4 is 4.90 Å². The molecular formula is C20H23N5. The minimum atomic E-state index is 0.400. The molecule has 2 aromatic rings. The minimum absolute atomic E-state index is 0.400. The number of aromatic nitrogens is 2. The van der Waals surface area contributed by atoms with Gasteiger partial charge in [-0.25, -0.2) is 4.98 Å². The third kappa shape index (κ3) is 3.35. The molecular weight excluding hydrogens is 310 g/mol. The summed E-state index contributed by atoms with van der Waals surface area (Å²) in [5, 5.41) is 9.12. The zero-order valence-electron chi connectivity index (χ0n) is 14.4. The molecule has 2 atom stereocenters. The van der Waals surface area contributed by atoms with Crippen LogP contribution in [0, 0.1) is 11.3 Å². The second kappa shape index (κ2) is 7.20. The Labute approximate surface area is 148 Å². The van der Waals surface area contributed by atoms with Gasteiger partial charge >= 0.3 is 0 Å². The van der Waals surface area contributed by atoms with Crippen LogP contribution in [0.25, 0.3) is 0 Å². The molecule has 0 bridgehead atoms. The molecule has 1 saturated heterocycles. The molecule has 5 nitrogen and oxygen atoms in total. The van der Waals surface area contributed by atoms with Gasteiger partial charge in [-0.05, 0) is 18.4 Å². The fraction of sp³-hybridized carbons (Fsp3) is 0.450. The van der Waals surface area contributed by atoms with Crippen molar-refractivity contribution in [1.82, 2.24) is 14.9 Å². The highest BCUT2D eigenvalue weighted by molar-refractivity contribution is 5.41. The van der Waals surface area contributed by atoms with Crippen LogP contribution in [0.2, 0.25) is 0 Å². The lowest BCUT2D eigenvalue weighted by Crippen LogP contribution is -2.60. The van der Waals surface area contributed by atoms with Crippen LogP contribution in [0.5, 0.6) is 0 Å². The van der Waals surface area contributed by atoms with E-state index in [9.17, 15) is 0 Å². The maximum atomic E-state index is 9.12. The zero-order valence-corrected chi connectivity index (χ0v) is 14.4. The second-order valence-electron chi connectivity index (χ2n) is 6.94. The smallest absolute Gasteiger partial charge is 0.161 e. The summed E-state index contributed by atoms with van der Waals surface area (Å²) < 4.78 is 0. The van der Waals surface area contributed by atoms with E-state index < -0.39 is 0 Å². The summed E-state index contributed by atoms with van der Waals surface area (Å²) >= 11 is 0. The lowest BCUT2D eigenvalue weighted by molar-refractivity contribution is 0.0998. The van der Waals surface area contributed by atoms with Crippen LogP contribution in [-0.4, -0.2) is 40.0 Å². The summed E-state index contributed by atoms with van der Waals surface area (Å²) in [5.41, 5.74) is 1.78. The molecule has 25 heavy (non-hydrogen) atoms. The molecule has 0 amide bonds. The highest BCUT2D eigenvalue weighted by Gasteiger charge is 2.38. The van der Waals surface area contributed by atoms with Gasteiger partial charge in [0.15, 0.2) is 5.69 Å². The van der Waals surface area contributed by atoms with Crippen molar-refractivity contribution >= 4 is 5.82 Å². The number of piperazine rings is 1. The Hall–Kier alpha value is -2.45. The van der Waals surface area contributed by atoms with E-state index in [-0.39, 0.29) is 0 Å². The van der Waals surface area contributed by atoms with Gasteiger partial charge in [-0.1, -0.05) is 43.2 Å². The number of nitrogens with zero attached hydrogens (tertiary/aromatic N) is 5. The van der Waals surface area contributed by atoms with Crippen molar-refractivity contribution in [3.63, 3.8) is 0 Å². The molecule has 4 rings (SSSR count). The fourth-order valence-corrected chi connectivity index (χ4v) is 4.30. The fourth-order valence-electron chi connectivity index (χ4n) is 4.30. The van der Waals surface area contributed by atoms with Crippen molar-refractivity contribution in [2.24, 2.45) is 0 Å². The molecule has 0 N–H and O–H groups in total. The molecule has 2 aliphatic rings.